The smallest absolute Gasteiger partial charge is 0.170 e. The Balaban J connectivity index is 0.914. The predicted octanol–water partition coefficient (Wildman–Crippen LogP) is 13.5. The summed E-state index contributed by atoms with van der Waals surface area (Å²) in [5.41, 5.74) is 14.6. The van der Waals surface area contributed by atoms with Crippen molar-refractivity contribution < 1.29 is 9.47 Å². The van der Waals surface area contributed by atoms with Crippen LogP contribution in [-0.2, 0) is 5.41 Å². The molecule has 0 amide bonds. The molecule has 0 bridgehead atoms. The van der Waals surface area contributed by atoms with Crippen LogP contribution in [-0.4, -0.2) is 4.98 Å². The summed E-state index contributed by atoms with van der Waals surface area (Å²) >= 11 is 0. The van der Waals surface area contributed by atoms with Gasteiger partial charge in [0.15, 0.2) is 23.0 Å². The van der Waals surface area contributed by atoms with Crippen molar-refractivity contribution in [3.63, 3.8) is 0 Å². The lowest BCUT2D eigenvalue weighted by molar-refractivity contribution is 0.359. The Morgan fingerprint density at radius 2 is 0.891 bits per heavy atom. The molecule has 0 unspecified atom stereocenters. The van der Waals surface area contributed by atoms with Crippen LogP contribution in [0, 0.1) is 0 Å². The van der Waals surface area contributed by atoms with Crippen molar-refractivity contribution in [2.45, 2.75) is 5.41 Å². The van der Waals surface area contributed by atoms with E-state index in [1.165, 1.54) is 33.4 Å². The maximum atomic E-state index is 6.70. The minimum absolute atomic E-state index is 0.501. The highest BCUT2D eigenvalue weighted by Gasteiger charge is 2.47. The van der Waals surface area contributed by atoms with Gasteiger partial charge in [-0.15, -0.1) is 0 Å². The number of pyridine rings is 1. The predicted molar refractivity (Wildman–Crippen MR) is 222 cm³/mol. The van der Waals surface area contributed by atoms with Gasteiger partial charge in [0.1, 0.15) is 0 Å². The molecule has 0 N–H and O–H groups in total. The highest BCUT2D eigenvalue weighted by molar-refractivity contribution is 5.94. The van der Waals surface area contributed by atoms with Gasteiger partial charge in [0, 0.05) is 17.1 Å². The number of para-hydroxylation sites is 1. The van der Waals surface area contributed by atoms with Crippen LogP contribution >= 0.6 is 0 Å². The molecule has 55 heavy (non-hydrogen) atoms. The lowest BCUT2D eigenvalue weighted by atomic mass is 9.67. The van der Waals surface area contributed by atoms with Gasteiger partial charge in [-0.25, -0.2) is 0 Å². The molecule has 2 aliphatic rings. The van der Waals surface area contributed by atoms with Gasteiger partial charge >= 0.3 is 0 Å². The van der Waals surface area contributed by atoms with Gasteiger partial charge < -0.3 is 9.47 Å². The molecule has 1 aliphatic heterocycles. The quantitative estimate of drug-likeness (QED) is 0.179. The fraction of sp³-hybridized carbons (Fsp3) is 0.0192. The molecule has 0 saturated carbocycles. The molecule has 9 aromatic rings. The fourth-order valence-corrected chi connectivity index (χ4v) is 8.73. The highest BCUT2D eigenvalue weighted by atomic mass is 16.6. The van der Waals surface area contributed by atoms with E-state index in [2.05, 4.69) is 187 Å². The molecule has 3 nitrogen and oxygen atoms in total. The number of nitrogens with zero attached hydrogens (tertiary/aromatic N) is 1. The fourth-order valence-electron chi connectivity index (χ4n) is 8.73. The van der Waals surface area contributed by atoms with Gasteiger partial charge in [0.05, 0.1) is 10.9 Å². The number of benzene rings is 8. The molecule has 0 spiro atoms. The third-order valence-corrected chi connectivity index (χ3v) is 11.3. The molecule has 3 heteroatoms. The minimum atomic E-state index is -0.501. The minimum Gasteiger partial charge on any atom is -0.450 e. The standard InChI is InChI=1S/C52H33NO2/c1-3-13-40(14-4-1)52(41-15-5-2-6-16-41)45-19-8-7-17-43(45)44-32-49-50(33-46(44)52)54-47-29-28-39(31-48(47)55-49)36-22-20-34(21-23-36)35-24-26-37(27-25-35)42-18-9-11-38-12-10-30-53-51(38)42/h1-33H. The van der Waals surface area contributed by atoms with Crippen LogP contribution in [0.3, 0.4) is 0 Å². The zero-order valence-electron chi connectivity index (χ0n) is 29.8. The Labute approximate surface area is 319 Å². The Hall–Kier alpha value is -7.23. The first kappa shape index (κ1) is 31.3. The van der Waals surface area contributed by atoms with E-state index in [1.54, 1.807) is 0 Å². The topological polar surface area (TPSA) is 31.4 Å². The number of aromatic nitrogens is 1. The summed E-state index contributed by atoms with van der Waals surface area (Å²) in [7, 11) is 0. The molecule has 2 heterocycles. The summed E-state index contributed by atoms with van der Waals surface area (Å²) in [6.45, 7) is 0. The van der Waals surface area contributed by atoms with Crippen LogP contribution in [0.15, 0.2) is 200 Å². The van der Waals surface area contributed by atoms with Crippen molar-refractivity contribution in [1.82, 2.24) is 4.98 Å². The van der Waals surface area contributed by atoms with Gasteiger partial charge in [-0.2, -0.15) is 0 Å². The van der Waals surface area contributed by atoms with Crippen LogP contribution in [0.25, 0.3) is 55.4 Å². The lowest BCUT2D eigenvalue weighted by Gasteiger charge is -2.34. The molecular formula is C52H33NO2. The summed E-state index contributed by atoms with van der Waals surface area (Å²) in [6.07, 6.45) is 1.86. The van der Waals surface area contributed by atoms with E-state index in [0.29, 0.717) is 17.2 Å². The van der Waals surface area contributed by atoms with Gasteiger partial charge in [0.25, 0.3) is 0 Å². The molecule has 1 aliphatic carbocycles. The van der Waals surface area contributed by atoms with Crippen LogP contribution in [0.4, 0.5) is 0 Å². The average molecular weight is 704 g/mol. The van der Waals surface area contributed by atoms with Crippen molar-refractivity contribution in [3.8, 4) is 67.5 Å². The Morgan fingerprint density at radius 3 is 1.62 bits per heavy atom. The van der Waals surface area contributed by atoms with E-state index < -0.39 is 5.41 Å². The van der Waals surface area contributed by atoms with Gasteiger partial charge in [-0.1, -0.05) is 164 Å². The maximum absolute atomic E-state index is 6.70. The van der Waals surface area contributed by atoms with Crippen LogP contribution in [0.2, 0.25) is 0 Å². The second-order valence-corrected chi connectivity index (χ2v) is 14.3. The van der Waals surface area contributed by atoms with Crippen molar-refractivity contribution in [2.75, 3.05) is 0 Å². The molecular weight excluding hydrogens is 671 g/mol. The summed E-state index contributed by atoms with van der Waals surface area (Å²) in [5.74, 6) is 2.84. The lowest BCUT2D eigenvalue weighted by Crippen LogP contribution is -2.28. The Bertz CT molecular complexity index is 2850. The molecule has 11 rings (SSSR count). The third kappa shape index (κ3) is 4.94. The average Bonchev–Trinajstić information content (AvgIpc) is 3.55. The maximum Gasteiger partial charge on any atom is 0.170 e. The first-order valence-corrected chi connectivity index (χ1v) is 18.7. The van der Waals surface area contributed by atoms with Gasteiger partial charge in [0.2, 0.25) is 0 Å². The summed E-state index contributed by atoms with van der Waals surface area (Å²) < 4.78 is 13.4. The SMILES string of the molecule is c1ccc(C2(c3ccccc3)c3ccccc3-c3cc4c(cc32)Oc2ccc(-c3ccc(-c5ccc(-c6cccc7cccnc67)cc5)cc3)cc2O4)cc1. The number of hydrogen-bond acceptors (Lipinski definition) is 3. The van der Waals surface area contributed by atoms with E-state index in [9.17, 15) is 0 Å². The zero-order valence-corrected chi connectivity index (χ0v) is 29.8. The number of ether oxygens (including phenoxy) is 2. The normalized spacial score (nSPS) is 13.2. The summed E-state index contributed by atoms with van der Waals surface area (Å²) in [4.78, 5) is 4.65. The Morgan fingerprint density at radius 1 is 0.345 bits per heavy atom. The van der Waals surface area contributed by atoms with E-state index in [0.717, 1.165) is 50.0 Å². The zero-order chi connectivity index (χ0) is 36.3. The van der Waals surface area contributed by atoms with Crippen molar-refractivity contribution in [1.29, 1.82) is 0 Å². The van der Waals surface area contributed by atoms with Gasteiger partial charge in [-0.05, 0) is 91.5 Å². The molecule has 0 radical (unpaired) electrons. The van der Waals surface area contributed by atoms with Crippen molar-refractivity contribution >= 4 is 10.9 Å². The van der Waals surface area contributed by atoms with E-state index >= 15 is 0 Å². The number of hydrogen-bond donors (Lipinski definition) is 0. The Kier molecular flexibility index (Phi) is 7.08. The summed E-state index contributed by atoms with van der Waals surface area (Å²) in [6, 6.07) is 68.8. The van der Waals surface area contributed by atoms with Crippen LogP contribution < -0.4 is 9.47 Å². The van der Waals surface area contributed by atoms with Crippen LogP contribution in [0.5, 0.6) is 23.0 Å². The largest absolute Gasteiger partial charge is 0.450 e. The highest BCUT2D eigenvalue weighted by Crippen LogP contribution is 2.59. The second kappa shape index (κ2) is 12.4. The monoisotopic (exact) mass is 703 g/mol. The van der Waals surface area contributed by atoms with Crippen LogP contribution in [0.1, 0.15) is 22.3 Å². The molecule has 258 valence electrons. The van der Waals surface area contributed by atoms with E-state index in [-0.39, 0.29) is 0 Å². The molecule has 0 saturated heterocycles. The van der Waals surface area contributed by atoms with E-state index in [1.807, 2.05) is 18.3 Å². The third-order valence-electron chi connectivity index (χ3n) is 11.3. The molecule has 8 aromatic carbocycles. The van der Waals surface area contributed by atoms with Crippen molar-refractivity contribution in [2.24, 2.45) is 0 Å². The first-order valence-electron chi connectivity index (χ1n) is 18.7. The molecule has 1 aromatic heterocycles. The van der Waals surface area contributed by atoms with Gasteiger partial charge in [-0.3, -0.25) is 4.98 Å². The molecule has 0 fully saturated rings. The molecule has 0 atom stereocenters. The van der Waals surface area contributed by atoms with E-state index in [4.69, 9.17) is 9.47 Å². The summed E-state index contributed by atoms with van der Waals surface area (Å²) in [5, 5.41) is 1.14. The first-order chi connectivity index (χ1) is 27.2. The number of rotatable bonds is 5. The second-order valence-electron chi connectivity index (χ2n) is 14.3. The number of fused-ring (bicyclic) bond motifs is 6. The van der Waals surface area contributed by atoms with Crippen molar-refractivity contribution in [3.05, 3.63) is 223 Å².